The van der Waals surface area contributed by atoms with E-state index in [0.29, 0.717) is 24.8 Å². The van der Waals surface area contributed by atoms with Crippen molar-refractivity contribution in [3.8, 4) is 0 Å². The van der Waals surface area contributed by atoms with Gasteiger partial charge in [0, 0.05) is 13.0 Å². The number of nitrogens with one attached hydrogen (secondary N) is 4. The first-order chi connectivity index (χ1) is 27.8. The van der Waals surface area contributed by atoms with Crippen molar-refractivity contribution in [2.75, 3.05) is 13.1 Å². The minimum atomic E-state index is -1.31. The zero-order valence-corrected chi connectivity index (χ0v) is 34.7. The number of nitrogens with two attached hydrogens (primary N) is 1. The molecule has 16 nitrogen and oxygen atoms in total. The first-order valence-corrected chi connectivity index (χ1v) is 20.2. The van der Waals surface area contributed by atoms with Gasteiger partial charge >= 0.3 is 5.97 Å². The number of carboxylic acids is 1. The zero-order chi connectivity index (χ0) is 43.6. The molecule has 2 fully saturated rings. The third-order valence-corrected chi connectivity index (χ3v) is 10.5. The normalized spacial score (nSPS) is 18.5. The van der Waals surface area contributed by atoms with Gasteiger partial charge in [-0.05, 0) is 77.5 Å². The predicted molar refractivity (Wildman–Crippen MR) is 217 cm³/mol. The summed E-state index contributed by atoms with van der Waals surface area (Å²) in [5.74, 6) is -7.34. The lowest BCUT2D eigenvalue weighted by molar-refractivity contribution is -0.143. The van der Waals surface area contributed by atoms with Gasteiger partial charge in [0.15, 0.2) is 0 Å². The number of carboxylic acid groups (broad SMARTS) is 1. The number of ketones is 1. The van der Waals surface area contributed by atoms with E-state index in [2.05, 4.69) is 21.3 Å². The smallest absolute Gasteiger partial charge is 0.336 e. The Labute approximate surface area is 344 Å². The highest BCUT2D eigenvalue weighted by Gasteiger charge is 2.46. The van der Waals surface area contributed by atoms with Crippen LogP contribution in [0.5, 0.6) is 0 Å². The second-order valence-electron chi connectivity index (χ2n) is 16.5. The van der Waals surface area contributed by atoms with Crippen LogP contribution in [0.3, 0.4) is 0 Å². The van der Waals surface area contributed by atoms with E-state index < -0.39 is 89.6 Å². The Balaban J connectivity index is 1.52. The third-order valence-electron chi connectivity index (χ3n) is 10.5. The summed E-state index contributed by atoms with van der Waals surface area (Å²) in [4.78, 5) is 108. The van der Waals surface area contributed by atoms with E-state index in [1.54, 1.807) is 19.1 Å². The highest BCUT2D eigenvalue weighted by atomic mass is 16.5. The molecule has 1 heterocycles. The molecule has 59 heavy (non-hydrogen) atoms. The number of primary amides is 1. The third kappa shape index (κ3) is 12.7. The van der Waals surface area contributed by atoms with E-state index in [-0.39, 0.29) is 36.4 Å². The molecule has 0 bridgehead atoms. The van der Waals surface area contributed by atoms with Crippen LogP contribution in [0.2, 0.25) is 0 Å². The van der Waals surface area contributed by atoms with Crippen LogP contribution in [0.4, 0.5) is 0 Å². The lowest BCUT2D eigenvalue weighted by atomic mass is 9.83. The average Bonchev–Trinajstić information content (AvgIpc) is 3.59. The SMILES string of the molecule is CCCC(NC(=O)C1CC(OC(C)(C)C)CN1C(=O)C(NC(=O)c1ccccc1C(=O)O)C1CCCCC1)C(=O)C(=O)NCC(=O)NC(C(N)=O)c1cc(C)cc(C)c1. The molecule has 16 heteroatoms. The highest BCUT2D eigenvalue weighted by molar-refractivity contribution is 6.38. The molecular weight excluding hydrogens is 761 g/mol. The summed E-state index contributed by atoms with van der Waals surface area (Å²) in [6.45, 7) is 10.3. The molecule has 1 saturated heterocycles. The van der Waals surface area contributed by atoms with Crippen LogP contribution >= 0.6 is 0 Å². The number of hydrogen-bond donors (Lipinski definition) is 6. The molecule has 5 unspecified atom stereocenters. The lowest BCUT2D eigenvalue weighted by Gasteiger charge is -2.35. The first kappa shape index (κ1) is 46.1. The maximum Gasteiger partial charge on any atom is 0.336 e. The summed E-state index contributed by atoms with van der Waals surface area (Å²) < 4.78 is 6.23. The molecule has 2 aromatic rings. The predicted octanol–water partition coefficient (Wildman–Crippen LogP) is 2.78. The Morgan fingerprint density at radius 3 is 2.10 bits per heavy atom. The highest BCUT2D eigenvalue weighted by Crippen LogP contribution is 2.31. The number of aromatic carboxylic acids is 1. The van der Waals surface area contributed by atoms with Crippen molar-refractivity contribution in [2.45, 2.75) is 129 Å². The number of aryl methyl sites for hydroxylation is 2. The van der Waals surface area contributed by atoms with Crippen molar-refractivity contribution >= 4 is 47.2 Å². The Morgan fingerprint density at radius 1 is 0.898 bits per heavy atom. The number of benzene rings is 2. The summed E-state index contributed by atoms with van der Waals surface area (Å²) in [5, 5.41) is 20.0. The quantitative estimate of drug-likeness (QED) is 0.128. The topological polar surface area (TPSA) is 243 Å². The number of ether oxygens (including phenoxy) is 1. The molecule has 0 radical (unpaired) electrons. The molecule has 2 aliphatic rings. The van der Waals surface area contributed by atoms with Gasteiger partial charge in [0.1, 0.15) is 18.1 Å². The largest absolute Gasteiger partial charge is 0.478 e. The first-order valence-electron chi connectivity index (χ1n) is 20.2. The van der Waals surface area contributed by atoms with Crippen molar-refractivity contribution < 1.29 is 48.2 Å². The number of rotatable bonds is 17. The fourth-order valence-electron chi connectivity index (χ4n) is 7.93. The zero-order valence-electron chi connectivity index (χ0n) is 34.7. The Kier molecular flexibility index (Phi) is 15.9. The van der Waals surface area contributed by atoms with Crippen molar-refractivity contribution in [2.24, 2.45) is 11.7 Å². The molecular formula is C43H58N6O10. The molecule has 7 N–H and O–H groups in total. The fourth-order valence-corrected chi connectivity index (χ4v) is 7.93. The summed E-state index contributed by atoms with van der Waals surface area (Å²) in [7, 11) is 0. The molecule has 2 aromatic carbocycles. The Bertz CT molecular complexity index is 1900. The maximum atomic E-state index is 14.7. The standard InChI is InChI=1S/C43H58N6O10/c1-7-13-31(36(51)40(55)45-22-33(50)47-34(37(44)52)27-19-24(2)18-25(3)20-27)46-39(54)32-21-28(59-43(4,5)6)23-49(32)41(56)35(26-14-9-8-10-15-26)48-38(53)29-16-11-12-17-30(29)42(57)58/h11-12,16-20,26,28,31-32,34-35H,7-10,13-15,21-23H2,1-6H3,(H2,44,52)(H,45,55)(H,46,54)(H,47,50)(H,48,53)(H,57,58). The number of nitrogens with zero attached hydrogens (tertiary/aromatic N) is 1. The monoisotopic (exact) mass is 818 g/mol. The minimum Gasteiger partial charge on any atom is -0.478 e. The molecule has 0 spiro atoms. The fraction of sp³-hybridized carbons (Fsp3) is 0.535. The molecule has 1 aliphatic carbocycles. The number of amides is 6. The van der Waals surface area contributed by atoms with Crippen LogP contribution < -0.4 is 27.0 Å². The summed E-state index contributed by atoms with van der Waals surface area (Å²) >= 11 is 0. The van der Waals surface area contributed by atoms with E-state index in [9.17, 15) is 43.5 Å². The van der Waals surface area contributed by atoms with Crippen LogP contribution in [-0.4, -0.2) is 100 Å². The van der Waals surface area contributed by atoms with E-state index in [4.69, 9.17) is 10.5 Å². The van der Waals surface area contributed by atoms with Crippen molar-refractivity contribution in [3.63, 3.8) is 0 Å². The Hall–Kier alpha value is -5.64. The number of hydrogen-bond acceptors (Lipinski definition) is 9. The number of carbonyl (C=O) groups is 8. The Morgan fingerprint density at radius 2 is 1.53 bits per heavy atom. The van der Waals surface area contributed by atoms with Gasteiger partial charge in [-0.3, -0.25) is 33.6 Å². The van der Waals surface area contributed by atoms with Gasteiger partial charge in [-0.25, -0.2) is 4.79 Å². The van der Waals surface area contributed by atoms with Crippen LogP contribution in [0, 0.1) is 19.8 Å². The number of carbonyl (C=O) groups excluding carboxylic acids is 7. The van der Waals surface area contributed by atoms with Crippen LogP contribution in [-0.2, 0) is 33.5 Å². The molecule has 0 aromatic heterocycles. The van der Waals surface area contributed by atoms with Gasteiger partial charge in [0.05, 0.1) is 35.4 Å². The van der Waals surface area contributed by atoms with Crippen molar-refractivity contribution in [1.29, 1.82) is 0 Å². The van der Waals surface area contributed by atoms with Gasteiger partial charge in [0.25, 0.3) is 11.8 Å². The molecule has 6 amide bonds. The van der Waals surface area contributed by atoms with E-state index in [0.717, 1.165) is 30.4 Å². The molecule has 4 rings (SSSR count). The second-order valence-corrected chi connectivity index (χ2v) is 16.5. The average molecular weight is 819 g/mol. The molecule has 5 atom stereocenters. The van der Waals surface area contributed by atoms with Crippen molar-refractivity contribution in [1.82, 2.24) is 26.2 Å². The second kappa shape index (κ2) is 20.4. The lowest BCUT2D eigenvalue weighted by Crippen LogP contribution is -2.58. The van der Waals surface area contributed by atoms with Gasteiger partial charge in [-0.15, -0.1) is 0 Å². The maximum absolute atomic E-state index is 14.7. The van der Waals surface area contributed by atoms with E-state index in [1.165, 1.54) is 29.2 Å². The van der Waals surface area contributed by atoms with Crippen LogP contribution in [0.15, 0.2) is 42.5 Å². The van der Waals surface area contributed by atoms with Crippen LogP contribution in [0.25, 0.3) is 0 Å². The molecule has 1 aliphatic heterocycles. The van der Waals surface area contributed by atoms with Crippen molar-refractivity contribution in [3.05, 3.63) is 70.3 Å². The van der Waals surface area contributed by atoms with Gasteiger partial charge in [-0.1, -0.05) is 74.1 Å². The van der Waals surface area contributed by atoms with Gasteiger partial charge in [-0.2, -0.15) is 0 Å². The molecule has 1 saturated carbocycles. The van der Waals surface area contributed by atoms with Gasteiger partial charge < -0.3 is 41.7 Å². The van der Waals surface area contributed by atoms with E-state index >= 15 is 0 Å². The summed E-state index contributed by atoms with van der Waals surface area (Å²) in [6.07, 6.45) is 3.75. The van der Waals surface area contributed by atoms with Crippen LogP contribution in [0.1, 0.15) is 123 Å². The summed E-state index contributed by atoms with van der Waals surface area (Å²) in [5.41, 5.74) is 6.75. The molecule has 320 valence electrons. The number of likely N-dealkylation sites (tertiary alicyclic amines) is 1. The minimum absolute atomic E-state index is 0.00457. The number of Topliss-reactive ketones (excluding diaryl/α,β-unsaturated/α-hetero) is 1. The van der Waals surface area contributed by atoms with E-state index in [1.807, 2.05) is 40.7 Å². The summed E-state index contributed by atoms with van der Waals surface area (Å²) in [6, 6.07) is 6.26. The van der Waals surface area contributed by atoms with Gasteiger partial charge in [0.2, 0.25) is 29.4 Å².